The van der Waals surface area contributed by atoms with Crippen LogP contribution >= 0.6 is 11.6 Å². The average molecular weight is 431 g/mol. The van der Waals surface area contributed by atoms with Gasteiger partial charge in [0.1, 0.15) is 11.8 Å². The van der Waals surface area contributed by atoms with Crippen LogP contribution in [0.2, 0.25) is 5.02 Å². The summed E-state index contributed by atoms with van der Waals surface area (Å²) in [6, 6.07) is 14.2. The third-order valence-electron chi connectivity index (χ3n) is 4.53. The molecule has 0 fully saturated rings. The van der Waals surface area contributed by atoms with Crippen LogP contribution in [0.5, 0.6) is 5.75 Å². The fourth-order valence-electron chi connectivity index (χ4n) is 3.12. The first-order chi connectivity index (χ1) is 14.1. The molecule has 1 N–H and O–H groups in total. The van der Waals surface area contributed by atoms with Gasteiger partial charge < -0.3 is 15.0 Å². The maximum Gasteiger partial charge on any atom is 0.261 e. The van der Waals surface area contributed by atoms with Crippen LogP contribution in [0.15, 0.2) is 48.5 Å². The molecule has 0 aliphatic rings. The Balaban J connectivity index is 2.25. The lowest BCUT2D eigenvalue weighted by molar-refractivity contribution is -0.143. The van der Waals surface area contributed by atoms with E-state index < -0.39 is 11.6 Å². The van der Waals surface area contributed by atoms with Crippen molar-refractivity contribution in [1.82, 2.24) is 10.2 Å². The fraction of sp³-hybridized carbons (Fsp3) is 0.417. The zero-order valence-corrected chi connectivity index (χ0v) is 19.1. The minimum Gasteiger partial charge on any atom is -0.484 e. The predicted octanol–water partition coefficient (Wildman–Crippen LogP) is 4.75. The summed E-state index contributed by atoms with van der Waals surface area (Å²) in [4.78, 5) is 27.7. The van der Waals surface area contributed by atoms with Crippen LogP contribution in [0.1, 0.15) is 45.2 Å². The summed E-state index contributed by atoms with van der Waals surface area (Å²) in [7, 11) is 0. The zero-order valence-electron chi connectivity index (χ0n) is 18.4. The molecule has 0 unspecified atom stereocenters. The number of benzene rings is 2. The number of rotatable bonds is 8. The van der Waals surface area contributed by atoms with Crippen molar-refractivity contribution in [2.24, 2.45) is 0 Å². The van der Waals surface area contributed by atoms with E-state index in [-0.39, 0.29) is 25.0 Å². The molecule has 2 aromatic carbocycles. The Bertz CT molecular complexity index is 877. The first-order valence-corrected chi connectivity index (χ1v) is 10.5. The van der Waals surface area contributed by atoms with Crippen LogP contribution in [0.3, 0.4) is 0 Å². The molecule has 0 aromatic heterocycles. The number of nitrogens with zero attached hydrogens (tertiary/aromatic N) is 1. The third-order valence-corrected chi connectivity index (χ3v) is 4.90. The van der Waals surface area contributed by atoms with Gasteiger partial charge in [0.2, 0.25) is 5.91 Å². The summed E-state index contributed by atoms with van der Waals surface area (Å²) in [5.41, 5.74) is 1.43. The lowest BCUT2D eigenvalue weighted by Crippen LogP contribution is -2.54. The molecule has 0 saturated heterocycles. The maximum absolute atomic E-state index is 13.2. The van der Waals surface area contributed by atoms with Gasteiger partial charge in [0.25, 0.3) is 5.91 Å². The van der Waals surface area contributed by atoms with Crippen LogP contribution in [0.25, 0.3) is 0 Å². The van der Waals surface area contributed by atoms with Crippen molar-refractivity contribution in [2.45, 2.75) is 59.2 Å². The smallest absolute Gasteiger partial charge is 0.261 e. The van der Waals surface area contributed by atoms with E-state index in [1.807, 2.05) is 77.1 Å². The number of carbonyl (C=O) groups excluding carboxylic acids is 2. The largest absolute Gasteiger partial charge is 0.484 e. The van der Waals surface area contributed by atoms with Gasteiger partial charge in [-0.2, -0.15) is 0 Å². The van der Waals surface area contributed by atoms with E-state index in [4.69, 9.17) is 16.3 Å². The normalized spacial score (nSPS) is 12.2. The third kappa shape index (κ3) is 7.06. The van der Waals surface area contributed by atoms with Crippen LogP contribution in [0, 0.1) is 6.92 Å². The minimum absolute atomic E-state index is 0.160. The molecule has 162 valence electrons. The molecule has 0 radical (unpaired) electrons. The van der Waals surface area contributed by atoms with Crippen molar-refractivity contribution in [3.8, 4) is 5.75 Å². The molecule has 0 aliphatic heterocycles. The van der Waals surface area contributed by atoms with E-state index in [1.165, 1.54) is 0 Å². The highest BCUT2D eigenvalue weighted by Crippen LogP contribution is 2.21. The molecule has 2 rings (SSSR count). The standard InChI is InChI=1S/C24H31ClN2O3/c1-6-21(23(29)26-24(3,4)5)27(15-18-11-7-8-13-20(18)25)22(28)16-30-19-12-9-10-17(2)14-19/h7-14,21H,6,15-16H2,1-5H3,(H,26,29)/t21-/m0/s1. The number of nitrogens with one attached hydrogen (secondary N) is 1. The van der Waals surface area contributed by atoms with Gasteiger partial charge in [0.05, 0.1) is 0 Å². The number of amides is 2. The highest BCUT2D eigenvalue weighted by molar-refractivity contribution is 6.31. The second-order valence-corrected chi connectivity index (χ2v) is 8.79. The van der Waals surface area contributed by atoms with E-state index in [0.717, 1.165) is 11.1 Å². The monoisotopic (exact) mass is 430 g/mol. The Labute approximate surface area is 184 Å². The van der Waals surface area contributed by atoms with Crippen molar-refractivity contribution in [2.75, 3.05) is 6.61 Å². The molecule has 0 spiro atoms. The summed E-state index contributed by atoms with van der Waals surface area (Å²) in [6.07, 6.45) is 0.475. The summed E-state index contributed by atoms with van der Waals surface area (Å²) in [5.74, 6) is 0.154. The maximum atomic E-state index is 13.2. The van der Waals surface area contributed by atoms with E-state index in [1.54, 1.807) is 11.0 Å². The minimum atomic E-state index is -0.630. The molecule has 0 saturated carbocycles. The summed E-state index contributed by atoms with van der Waals surface area (Å²) < 4.78 is 5.72. The Morgan fingerprint density at radius 1 is 1.13 bits per heavy atom. The lowest BCUT2D eigenvalue weighted by atomic mass is 10.1. The topological polar surface area (TPSA) is 58.6 Å². The van der Waals surface area contributed by atoms with Crippen molar-refractivity contribution in [1.29, 1.82) is 0 Å². The van der Waals surface area contributed by atoms with Crippen molar-refractivity contribution < 1.29 is 14.3 Å². The van der Waals surface area contributed by atoms with Gasteiger partial charge in [-0.1, -0.05) is 48.9 Å². The average Bonchev–Trinajstić information content (AvgIpc) is 2.66. The van der Waals surface area contributed by atoms with Gasteiger partial charge in [0.15, 0.2) is 6.61 Å². The zero-order chi connectivity index (χ0) is 22.3. The Hall–Kier alpha value is -2.53. The molecule has 1 atom stereocenters. The molecule has 0 aliphatic carbocycles. The second kappa shape index (κ2) is 10.5. The highest BCUT2D eigenvalue weighted by Gasteiger charge is 2.31. The predicted molar refractivity (Wildman–Crippen MR) is 121 cm³/mol. The summed E-state index contributed by atoms with van der Waals surface area (Å²) in [5, 5.41) is 3.54. The quantitative estimate of drug-likeness (QED) is 0.657. The molecule has 0 bridgehead atoms. The van der Waals surface area contributed by atoms with Crippen LogP contribution < -0.4 is 10.1 Å². The highest BCUT2D eigenvalue weighted by atomic mass is 35.5. The number of carbonyl (C=O) groups is 2. The van der Waals surface area contributed by atoms with Gasteiger partial charge in [-0.25, -0.2) is 0 Å². The van der Waals surface area contributed by atoms with Gasteiger partial charge in [-0.05, 0) is 63.4 Å². The van der Waals surface area contributed by atoms with E-state index in [0.29, 0.717) is 17.2 Å². The van der Waals surface area contributed by atoms with Crippen LogP contribution in [0.4, 0.5) is 0 Å². The summed E-state index contributed by atoms with van der Waals surface area (Å²) >= 11 is 6.33. The number of hydrogen-bond donors (Lipinski definition) is 1. The first-order valence-electron chi connectivity index (χ1n) is 10.1. The SMILES string of the molecule is CC[C@@H](C(=O)NC(C)(C)C)N(Cc1ccccc1Cl)C(=O)COc1cccc(C)c1. The van der Waals surface area contributed by atoms with E-state index >= 15 is 0 Å². The second-order valence-electron chi connectivity index (χ2n) is 8.38. The van der Waals surface area contributed by atoms with E-state index in [2.05, 4.69) is 5.32 Å². The van der Waals surface area contributed by atoms with Crippen LogP contribution in [-0.4, -0.2) is 34.9 Å². The Morgan fingerprint density at radius 2 is 1.83 bits per heavy atom. The van der Waals surface area contributed by atoms with Gasteiger partial charge in [-0.15, -0.1) is 0 Å². The molecule has 30 heavy (non-hydrogen) atoms. The molecule has 0 heterocycles. The van der Waals surface area contributed by atoms with E-state index in [9.17, 15) is 9.59 Å². The molecular weight excluding hydrogens is 400 g/mol. The first kappa shape index (κ1) is 23.7. The Morgan fingerprint density at radius 3 is 2.43 bits per heavy atom. The number of hydrogen-bond acceptors (Lipinski definition) is 3. The number of aryl methyl sites for hydroxylation is 1. The molecule has 2 aromatic rings. The van der Waals surface area contributed by atoms with Gasteiger partial charge in [-0.3, -0.25) is 9.59 Å². The molecular formula is C24H31ClN2O3. The van der Waals surface area contributed by atoms with Crippen molar-refractivity contribution >= 4 is 23.4 Å². The Kier molecular flexibility index (Phi) is 8.30. The van der Waals surface area contributed by atoms with Gasteiger partial charge >= 0.3 is 0 Å². The van der Waals surface area contributed by atoms with Crippen LogP contribution in [-0.2, 0) is 16.1 Å². The lowest BCUT2D eigenvalue weighted by Gasteiger charge is -2.33. The van der Waals surface area contributed by atoms with Crippen molar-refractivity contribution in [3.63, 3.8) is 0 Å². The number of ether oxygens (including phenoxy) is 1. The summed E-state index contributed by atoms with van der Waals surface area (Å²) in [6.45, 7) is 9.67. The number of halogens is 1. The van der Waals surface area contributed by atoms with Crippen molar-refractivity contribution in [3.05, 3.63) is 64.7 Å². The molecule has 6 heteroatoms. The molecule has 2 amide bonds. The molecule has 5 nitrogen and oxygen atoms in total. The fourth-order valence-corrected chi connectivity index (χ4v) is 3.31. The van der Waals surface area contributed by atoms with Gasteiger partial charge in [0, 0.05) is 17.1 Å².